The van der Waals surface area contributed by atoms with Gasteiger partial charge in [-0.05, 0) is 30.7 Å². The lowest BCUT2D eigenvalue weighted by atomic mass is 10.2. The highest BCUT2D eigenvalue weighted by Gasteiger charge is 1.99. The van der Waals surface area contributed by atoms with E-state index < -0.39 is 0 Å². The molecule has 0 saturated carbocycles. The first-order valence-electron chi connectivity index (χ1n) is 6.49. The number of rotatable bonds is 7. The van der Waals surface area contributed by atoms with Crippen molar-refractivity contribution in [3.63, 3.8) is 0 Å². The third-order valence-corrected chi connectivity index (χ3v) is 2.61. The van der Waals surface area contributed by atoms with Gasteiger partial charge >= 0.3 is 0 Å². The van der Waals surface area contributed by atoms with E-state index in [2.05, 4.69) is 15.8 Å². The molecule has 1 aromatic carbocycles. The van der Waals surface area contributed by atoms with Gasteiger partial charge in [0.15, 0.2) is 0 Å². The van der Waals surface area contributed by atoms with Crippen LogP contribution in [0.3, 0.4) is 0 Å². The minimum atomic E-state index is -0.109. The molecule has 0 radical (unpaired) electrons. The largest absolute Gasteiger partial charge is 0.463 e. The van der Waals surface area contributed by atoms with Crippen molar-refractivity contribution in [2.75, 3.05) is 11.9 Å². The highest BCUT2D eigenvalue weighted by atomic mass is 16.3. The molecule has 0 atom stereocenters. The van der Waals surface area contributed by atoms with Crippen molar-refractivity contribution in [1.82, 2.24) is 5.43 Å². The highest BCUT2D eigenvalue weighted by molar-refractivity contribution is 5.80. The summed E-state index contributed by atoms with van der Waals surface area (Å²) in [5, 5.41) is 7.06. The number of nitrogens with zero attached hydrogens (tertiary/aromatic N) is 1. The second-order valence-electron chi connectivity index (χ2n) is 4.20. The van der Waals surface area contributed by atoms with Crippen LogP contribution in [-0.2, 0) is 4.79 Å². The van der Waals surface area contributed by atoms with Crippen molar-refractivity contribution >= 4 is 17.8 Å². The molecule has 104 valence electrons. The Kier molecular flexibility index (Phi) is 5.39. The Morgan fingerprint density at radius 2 is 2.05 bits per heavy atom. The quantitative estimate of drug-likeness (QED) is 0.462. The first-order valence-corrected chi connectivity index (χ1v) is 6.49. The number of carbonyl (C=O) groups excluding carboxylic acids is 1. The Morgan fingerprint density at radius 3 is 2.80 bits per heavy atom. The summed E-state index contributed by atoms with van der Waals surface area (Å²) in [5.41, 5.74) is 3.52. The number of hydrazone groups is 1. The van der Waals surface area contributed by atoms with Crippen LogP contribution in [0.5, 0.6) is 0 Å². The Balaban J connectivity index is 1.58. The minimum absolute atomic E-state index is 0.109. The van der Waals surface area contributed by atoms with Crippen molar-refractivity contribution in [2.24, 2.45) is 5.10 Å². The van der Waals surface area contributed by atoms with Gasteiger partial charge in [-0.1, -0.05) is 18.2 Å². The summed E-state index contributed by atoms with van der Waals surface area (Å²) in [6.45, 7) is 0.749. The molecule has 5 nitrogen and oxygen atoms in total. The molecule has 0 aliphatic heterocycles. The van der Waals surface area contributed by atoms with E-state index in [1.807, 2.05) is 30.3 Å². The van der Waals surface area contributed by atoms with E-state index in [1.54, 1.807) is 18.4 Å². The summed E-state index contributed by atoms with van der Waals surface area (Å²) < 4.78 is 5.05. The van der Waals surface area contributed by atoms with Crippen molar-refractivity contribution in [2.45, 2.75) is 12.8 Å². The van der Waals surface area contributed by atoms with Crippen LogP contribution in [0, 0.1) is 0 Å². The predicted octanol–water partition coefficient (Wildman–Crippen LogP) is 2.62. The van der Waals surface area contributed by atoms with E-state index in [1.165, 1.54) is 6.21 Å². The van der Waals surface area contributed by atoms with Gasteiger partial charge in [-0.2, -0.15) is 5.10 Å². The van der Waals surface area contributed by atoms with Crippen molar-refractivity contribution in [1.29, 1.82) is 0 Å². The van der Waals surface area contributed by atoms with E-state index in [4.69, 9.17) is 4.42 Å². The van der Waals surface area contributed by atoms with Crippen LogP contribution < -0.4 is 10.7 Å². The maximum Gasteiger partial charge on any atom is 0.240 e. The molecule has 0 saturated heterocycles. The monoisotopic (exact) mass is 271 g/mol. The molecule has 2 N–H and O–H groups in total. The second-order valence-corrected chi connectivity index (χ2v) is 4.20. The van der Waals surface area contributed by atoms with Crippen LogP contribution >= 0.6 is 0 Å². The number of amides is 1. The number of nitrogens with one attached hydrogen (secondary N) is 2. The number of anilines is 1. The predicted molar refractivity (Wildman–Crippen MR) is 78.6 cm³/mol. The first-order chi connectivity index (χ1) is 9.84. The summed E-state index contributed by atoms with van der Waals surface area (Å²) >= 11 is 0. The fraction of sp³-hybridized carbons (Fsp3) is 0.200. The van der Waals surface area contributed by atoms with Gasteiger partial charge in [0.1, 0.15) is 5.76 Å². The van der Waals surface area contributed by atoms with E-state index in [-0.39, 0.29) is 5.91 Å². The Labute approximate surface area is 117 Å². The van der Waals surface area contributed by atoms with Crippen molar-refractivity contribution in [3.05, 3.63) is 54.5 Å². The van der Waals surface area contributed by atoms with Crippen LogP contribution in [0.15, 0.2) is 58.2 Å². The van der Waals surface area contributed by atoms with Crippen LogP contribution in [-0.4, -0.2) is 18.7 Å². The van der Waals surface area contributed by atoms with Crippen LogP contribution in [0.25, 0.3) is 0 Å². The molecule has 0 aliphatic carbocycles. The van der Waals surface area contributed by atoms with Crippen molar-refractivity contribution in [3.8, 4) is 0 Å². The standard InChI is InChI=1S/C15H17N3O2/c19-15(18-17-12-14-8-5-11-20-14)9-4-10-16-13-6-2-1-3-7-13/h1-3,5-8,11-12,16H,4,9-10H2,(H,18,19). The zero-order valence-corrected chi connectivity index (χ0v) is 11.1. The molecule has 0 fully saturated rings. The zero-order chi connectivity index (χ0) is 14.0. The van der Waals surface area contributed by atoms with Gasteiger partial charge in [0, 0.05) is 18.7 Å². The fourth-order valence-corrected chi connectivity index (χ4v) is 1.63. The molecule has 2 rings (SSSR count). The molecule has 2 aromatic rings. The van der Waals surface area contributed by atoms with E-state index in [9.17, 15) is 4.79 Å². The topological polar surface area (TPSA) is 66.6 Å². The average Bonchev–Trinajstić information content (AvgIpc) is 2.98. The molecule has 0 unspecified atom stereocenters. The van der Waals surface area contributed by atoms with E-state index >= 15 is 0 Å². The maximum atomic E-state index is 11.5. The summed E-state index contributed by atoms with van der Waals surface area (Å²) in [5.74, 6) is 0.499. The van der Waals surface area contributed by atoms with Gasteiger partial charge < -0.3 is 9.73 Å². The summed E-state index contributed by atoms with van der Waals surface area (Å²) in [6.07, 6.45) is 4.20. The lowest BCUT2D eigenvalue weighted by Crippen LogP contribution is -2.18. The average molecular weight is 271 g/mol. The molecular formula is C15H17N3O2. The number of hydrogen-bond donors (Lipinski definition) is 2. The molecular weight excluding hydrogens is 254 g/mol. The number of hydrogen-bond acceptors (Lipinski definition) is 4. The zero-order valence-electron chi connectivity index (χ0n) is 11.1. The first kappa shape index (κ1) is 13.9. The highest BCUT2D eigenvalue weighted by Crippen LogP contribution is 2.04. The number of benzene rings is 1. The number of furan rings is 1. The Hall–Kier alpha value is -2.56. The summed E-state index contributed by atoms with van der Waals surface area (Å²) in [7, 11) is 0. The normalized spacial score (nSPS) is 10.6. The summed E-state index contributed by atoms with van der Waals surface area (Å²) in [6, 6.07) is 13.4. The second kappa shape index (κ2) is 7.78. The van der Waals surface area contributed by atoms with Crippen molar-refractivity contribution < 1.29 is 9.21 Å². The van der Waals surface area contributed by atoms with Gasteiger partial charge in [0.25, 0.3) is 0 Å². The SMILES string of the molecule is O=C(CCCNc1ccccc1)NN=Cc1ccco1. The third-order valence-electron chi connectivity index (χ3n) is 2.61. The molecule has 1 aromatic heterocycles. The van der Waals surface area contributed by atoms with E-state index in [0.29, 0.717) is 12.2 Å². The van der Waals surface area contributed by atoms with Gasteiger partial charge in [-0.15, -0.1) is 0 Å². The van der Waals surface area contributed by atoms with Gasteiger partial charge in [-0.25, -0.2) is 5.43 Å². The lowest BCUT2D eigenvalue weighted by Gasteiger charge is -2.05. The van der Waals surface area contributed by atoms with Crippen LogP contribution in [0.2, 0.25) is 0 Å². The van der Waals surface area contributed by atoms with Gasteiger partial charge in [0.05, 0.1) is 12.5 Å². The molecule has 0 bridgehead atoms. The molecule has 1 amide bonds. The smallest absolute Gasteiger partial charge is 0.240 e. The summed E-state index contributed by atoms with van der Waals surface area (Å²) in [4.78, 5) is 11.5. The van der Waals surface area contributed by atoms with Crippen LogP contribution in [0.4, 0.5) is 5.69 Å². The van der Waals surface area contributed by atoms with Gasteiger partial charge in [-0.3, -0.25) is 4.79 Å². The Bertz CT molecular complexity index is 536. The fourth-order valence-electron chi connectivity index (χ4n) is 1.63. The lowest BCUT2D eigenvalue weighted by molar-refractivity contribution is -0.121. The van der Waals surface area contributed by atoms with E-state index in [0.717, 1.165) is 18.7 Å². The van der Waals surface area contributed by atoms with Crippen LogP contribution in [0.1, 0.15) is 18.6 Å². The molecule has 1 heterocycles. The third kappa shape index (κ3) is 4.97. The maximum absolute atomic E-state index is 11.5. The van der Waals surface area contributed by atoms with Gasteiger partial charge in [0.2, 0.25) is 5.91 Å². The molecule has 5 heteroatoms. The number of para-hydroxylation sites is 1. The number of carbonyl (C=O) groups is 1. The Morgan fingerprint density at radius 1 is 1.20 bits per heavy atom. The molecule has 0 spiro atoms. The molecule has 20 heavy (non-hydrogen) atoms. The minimum Gasteiger partial charge on any atom is -0.463 e. The molecule has 0 aliphatic rings.